The first-order valence-electron chi connectivity index (χ1n) is 6.79. The second-order valence-corrected chi connectivity index (χ2v) is 6.08. The molecular formula is C14H27N5. The monoisotopic (exact) mass is 265 g/mol. The molecule has 0 fully saturated rings. The minimum atomic E-state index is 0.0316. The lowest BCUT2D eigenvalue weighted by atomic mass is 10.1. The van der Waals surface area contributed by atoms with Gasteiger partial charge in [0.15, 0.2) is 0 Å². The highest BCUT2D eigenvalue weighted by atomic mass is 15.2. The third kappa shape index (κ3) is 5.03. The van der Waals surface area contributed by atoms with Gasteiger partial charge < -0.3 is 16.0 Å². The van der Waals surface area contributed by atoms with Crippen molar-refractivity contribution in [3.8, 4) is 0 Å². The van der Waals surface area contributed by atoms with Crippen molar-refractivity contribution in [2.75, 3.05) is 23.8 Å². The highest BCUT2D eigenvalue weighted by Crippen LogP contribution is 2.21. The van der Waals surface area contributed by atoms with Gasteiger partial charge in [-0.3, -0.25) is 0 Å². The second-order valence-electron chi connectivity index (χ2n) is 6.08. The van der Waals surface area contributed by atoms with Crippen molar-refractivity contribution in [3.63, 3.8) is 0 Å². The molecule has 1 heterocycles. The Balaban J connectivity index is 2.82. The summed E-state index contributed by atoms with van der Waals surface area (Å²) < 4.78 is 0. The van der Waals surface area contributed by atoms with E-state index in [0.717, 1.165) is 30.4 Å². The minimum absolute atomic E-state index is 0.0316. The fourth-order valence-corrected chi connectivity index (χ4v) is 1.59. The first-order chi connectivity index (χ1) is 8.70. The molecule has 0 radical (unpaired) electrons. The molecule has 0 aliphatic carbocycles. The van der Waals surface area contributed by atoms with Crippen LogP contribution in [0.2, 0.25) is 0 Å². The van der Waals surface area contributed by atoms with Gasteiger partial charge in [0.05, 0.1) is 0 Å². The van der Waals surface area contributed by atoms with Crippen LogP contribution in [-0.4, -0.2) is 35.1 Å². The maximum absolute atomic E-state index is 5.74. The van der Waals surface area contributed by atoms with Crippen molar-refractivity contribution in [2.24, 2.45) is 5.73 Å². The molecular weight excluding hydrogens is 238 g/mol. The van der Waals surface area contributed by atoms with Crippen LogP contribution in [0.3, 0.4) is 0 Å². The molecule has 108 valence electrons. The topological polar surface area (TPSA) is 67.1 Å². The lowest BCUT2D eigenvalue weighted by Crippen LogP contribution is -2.38. The summed E-state index contributed by atoms with van der Waals surface area (Å²) in [5, 5.41) is 3.31. The Labute approximate surface area is 116 Å². The predicted molar refractivity (Wildman–Crippen MR) is 81.7 cm³/mol. The zero-order chi connectivity index (χ0) is 14.6. The smallest absolute Gasteiger partial charge is 0.134 e. The Morgan fingerprint density at radius 2 is 2.00 bits per heavy atom. The van der Waals surface area contributed by atoms with Crippen LogP contribution < -0.4 is 16.0 Å². The third-order valence-corrected chi connectivity index (χ3v) is 3.08. The average Bonchev–Trinajstić information content (AvgIpc) is 2.25. The van der Waals surface area contributed by atoms with Crippen molar-refractivity contribution in [3.05, 3.63) is 11.9 Å². The van der Waals surface area contributed by atoms with E-state index in [2.05, 4.69) is 41.0 Å². The summed E-state index contributed by atoms with van der Waals surface area (Å²) in [6.45, 7) is 11.2. The number of nitrogens with two attached hydrogens (primary N) is 1. The van der Waals surface area contributed by atoms with Crippen molar-refractivity contribution < 1.29 is 0 Å². The molecule has 1 unspecified atom stereocenters. The number of hydrogen-bond donors (Lipinski definition) is 2. The van der Waals surface area contributed by atoms with Gasteiger partial charge in [-0.05, 0) is 41.0 Å². The largest absolute Gasteiger partial charge is 0.370 e. The van der Waals surface area contributed by atoms with E-state index in [1.807, 2.05) is 27.0 Å². The predicted octanol–water partition coefficient (Wildman–Crippen LogP) is 2.17. The molecule has 1 aromatic heterocycles. The third-order valence-electron chi connectivity index (χ3n) is 3.08. The summed E-state index contributed by atoms with van der Waals surface area (Å²) in [5.41, 5.74) is 5.77. The summed E-state index contributed by atoms with van der Waals surface area (Å²) in [6.07, 6.45) is 0.924. The van der Waals surface area contributed by atoms with Crippen LogP contribution in [-0.2, 0) is 0 Å². The van der Waals surface area contributed by atoms with E-state index in [1.54, 1.807) is 0 Å². The molecule has 0 saturated carbocycles. The van der Waals surface area contributed by atoms with Crippen LogP contribution in [0.4, 0.5) is 11.6 Å². The second kappa shape index (κ2) is 6.19. The minimum Gasteiger partial charge on any atom is -0.370 e. The van der Waals surface area contributed by atoms with E-state index in [4.69, 9.17) is 5.73 Å². The first kappa shape index (κ1) is 15.7. The van der Waals surface area contributed by atoms with Crippen molar-refractivity contribution in [1.29, 1.82) is 0 Å². The van der Waals surface area contributed by atoms with E-state index in [0.29, 0.717) is 0 Å². The molecule has 0 saturated heterocycles. The number of aromatic nitrogens is 2. The van der Waals surface area contributed by atoms with Crippen molar-refractivity contribution in [1.82, 2.24) is 9.97 Å². The Morgan fingerprint density at radius 3 is 2.53 bits per heavy atom. The van der Waals surface area contributed by atoms with E-state index in [1.165, 1.54) is 0 Å². The summed E-state index contributed by atoms with van der Waals surface area (Å²) in [4.78, 5) is 11.1. The van der Waals surface area contributed by atoms with E-state index < -0.39 is 0 Å². The molecule has 0 aliphatic rings. The standard InChI is InChI=1S/C14H27N5/c1-10(15)7-8-16-12-9-13(18-11(2)17-12)19(6)14(3,4)5/h9-10H,7-8,15H2,1-6H3,(H,16,17,18). The molecule has 0 bridgehead atoms. The quantitative estimate of drug-likeness (QED) is 0.854. The zero-order valence-corrected chi connectivity index (χ0v) is 13.0. The molecule has 5 heteroatoms. The van der Waals surface area contributed by atoms with Gasteiger partial charge in [-0.1, -0.05) is 0 Å². The Bertz CT molecular complexity index is 409. The Kier molecular flexibility index (Phi) is 5.11. The lowest BCUT2D eigenvalue weighted by molar-refractivity contribution is 0.533. The van der Waals surface area contributed by atoms with Crippen LogP contribution in [0.25, 0.3) is 0 Å². The molecule has 1 rings (SSSR count). The summed E-state index contributed by atoms with van der Waals surface area (Å²) in [6, 6.07) is 2.19. The van der Waals surface area contributed by atoms with Crippen LogP contribution >= 0.6 is 0 Å². The number of hydrogen-bond acceptors (Lipinski definition) is 5. The lowest BCUT2D eigenvalue weighted by Gasteiger charge is -2.33. The number of aryl methyl sites for hydroxylation is 1. The number of rotatable bonds is 5. The van der Waals surface area contributed by atoms with Gasteiger partial charge in [0.1, 0.15) is 17.5 Å². The van der Waals surface area contributed by atoms with Gasteiger partial charge in [-0.15, -0.1) is 0 Å². The first-order valence-corrected chi connectivity index (χ1v) is 6.79. The molecule has 1 aromatic rings. The Hall–Kier alpha value is -1.36. The normalized spacial score (nSPS) is 13.2. The van der Waals surface area contributed by atoms with Gasteiger partial charge in [0.25, 0.3) is 0 Å². The molecule has 5 nitrogen and oxygen atoms in total. The highest BCUT2D eigenvalue weighted by Gasteiger charge is 2.19. The number of nitrogens with one attached hydrogen (secondary N) is 1. The molecule has 19 heavy (non-hydrogen) atoms. The molecule has 1 atom stereocenters. The molecule has 0 amide bonds. The zero-order valence-electron chi connectivity index (χ0n) is 13.0. The van der Waals surface area contributed by atoms with Crippen LogP contribution in [0.15, 0.2) is 6.07 Å². The van der Waals surface area contributed by atoms with Crippen LogP contribution in [0, 0.1) is 6.92 Å². The van der Waals surface area contributed by atoms with Gasteiger partial charge in [0.2, 0.25) is 0 Å². The molecule has 0 spiro atoms. The molecule has 0 aromatic carbocycles. The maximum atomic E-state index is 5.74. The van der Waals surface area contributed by atoms with Gasteiger partial charge >= 0.3 is 0 Å². The molecule has 0 aliphatic heterocycles. The van der Waals surface area contributed by atoms with E-state index in [9.17, 15) is 0 Å². The van der Waals surface area contributed by atoms with Crippen LogP contribution in [0.5, 0.6) is 0 Å². The van der Waals surface area contributed by atoms with Gasteiger partial charge in [-0.2, -0.15) is 0 Å². The fourth-order valence-electron chi connectivity index (χ4n) is 1.59. The average molecular weight is 265 g/mol. The van der Waals surface area contributed by atoms with E-state index >= 15 is 0 Å². The van der Waals surface area contributed by atoms with Gasteiger partial charge in [0, 0.05) is 31.2 Å². The summed E-state index contributed by atoms with van der Waals surface area (Å²) >= 11 is 0. The fraction of sp³-hybridized carbons (Fsp3) is 0.714. The van der Waals surface area contributed by atoms with Gasteiger partial charge in [-0.25, -0.2) is 9.97 Å². The Morgan fingerprint density at radius 1 is 1.37 bits per heavy atom. The van der Waals surface area contributed by atoms with E-state index in [-0.39, 0.29) is 11.6 Å². The van der Waals surface area contributed by atoms with Crippen molar-refractivity contribution >= 4 is 11.6 Å². The summed E-state index contributed by atoms with van der Waals surface area (Å²) in [5.74, 6) is 2.57. The van der Waals surface area contributed by atoms with Crippen LogP contribution in [0.1, 0.15) is 39.9 Å². The van der Waals surface area contributed by atoms with Crippen molar-refractivity contribution in [2.45, 2.75) is 52.6 Å². The SMILES string of the molecule is Cc1nc(NCCC(C)N)cc(N(C)C(C)(C)C)n1. The highest BCUT2D eigenvalue weighted by molar-refractivity contribution is 5.50. The maximum Gasteiger partial charge on any atom is 0.134 e. The number of nitrogens with zero attached hydrogens (tertiary/aromatic N) is 3. The summed E-state index contributed by atoms with van der Waals surface area (Å²) in [7, 11) is 2.05. The number of anilines is 2. The molecule has 3 N–H and O–H groups in total.